The summed E-state index contributed by atoms with van der Waals surface area (Å²) in [4.78, 5) is 13.8. The molecule has 0 radical (unpaired) electrons. The van der Waals surface area contributed by atoms with Gasteiger partial charge in [-0.3, -0.25) is 9.69 Å². The summed E-state index contributed by atoms with van der Waals surface area (Å²) in [7, 11) is 0. The Morgan fingerprint density at radius 2 is 2.18 bits per heavy atom. The molecule has 1 rings (SSSR count). The minimum Gasteiger partial charge on any atom is -0.478 e. The number of carboxylic acids is 1. The van der Waals surface area contributed by atoms with E-state index in [9.17, 15) is 4.79 Å². The minimum atomic E-state index is -0.942. The molecule has 0 saturated carbocycles. The third-order valence-electron chi connectivity index (χ3n) is 0.908. The molecule has 1 N–H and O–H groups in total. The molecule has 0 spiro atoms. The molecule has 5 heteroatoms. The lowest BCUT2D eigenvalue weighted by Gasteiger charge is -1.87. The van der Waals surface area contributed by atoms with Gasteiger partial charge in [-0.2, -0.15) is 0 Å². The van der Waals surface area contributed by atoms with Crippen LogP contribution in [-0.2, 0) is 0 Å². The van der Waals surface area contributed by atoms with Crippen LogP contribution in [-0.4, -0.2) is 16.1 Å². The fraction of sp³-hybridized carbons (Fsp3) is 0. The number of nitrogens with zero attached hydrogens (tertiary/aromatic N) is 1. The Labute approximate surface area is 73.2 Å². The lowest BCUT2D eigenvalue weighted by molar-refractivity contribution is 0.0696. The second kappa shape index (κ2) is 5.79. The highest BCUT2D eigenvalue weighted by Gasteiger charge is 1.97. The first-order valence-electron chi connectivity index (χ1n) is 2.44. The number of aromatic carboxylic acids is 1. The summed E-state index contributed by atoms with van der Waals surface area (Å²) < 4.78 is 0. The Bertz CT molecular complexity index is 217. The minimum absolute atomic E-state index is 0. The standard InChI is InChI=1S/C6H5NO2.BrH.FH/c8-6(9)5-2-1-3-7-4-5;;/h1-4H,(H,8,9);2*1H. The second-order valence-electron chi connectivity index (χ2n) is 1.55. The summed E-state index contributed by atoms with van der Waals surface area (Å²) >= 11 is 0. The van der Waals surface area contributed by atoms with Gasteiger partial charge >= 0.3 is 5.97 Å². The molecule has 0 unspecified atom stereocenters. The second-order valence-corrected chi connectivity index (χ2v) is 1.55. The molecule has 0 atom stereocenters. The van der Waals surface area contributed by atoms with Crippen LogP contribution in [0.2, 0.25) is 0 Å². The van der Waals surface area contributed by atoms with Crippen molar-refractivity contribution < 1.29 is 14.6 Å². The third-order valence-corrected chi connectivity index (χ3v) is 0.908. The van der Waals surface area contributed by atoms with Crippen LogP contribution >= 0.6 is 17.0 Å². The predicted octanol–water partition coefficient (Wildman–Crippen LogP) is 1.51. The van der Waals surface area contributed by atoms with E-state index >= 15 is 0 Å². The number of aromatic nitrogens is 1. The summed E-state index contributed by atoms with van der Waals surface area (Å²) in [6.45, 7) is 0. The molecular formula is C6H7BrFNO2. The van der Waals surface area contributed by atoms with Crippen LogP contribution in [0.15, 0.2) is 24.5 Å². The molecule has 3 nitrogen and oxygen atoms in total. The Kier molecular flexibility index (Phi) is 6.67. The Morgan fingerprint density at radius 1 is 1.55 bits per heavy atom. The topological polar surface area (TPSA) is 50.2 Å². The molecule has 0 aliphatic rings. The van der Waals surface area contributed by atoms with E-state index in [-0.39, 0.29) is 27.2 Å². The molecule has 0 aromatic carbocycles. The summed E-state index contributed by atoms with van der Waals surface area (Å²) in [5.41, 5.74) is 0.220. The molecular weight excluding hydrogens is 217 g/mol. The molecule has 62 valence electrons. The van der Waals surface area contributed by atoms with E-state index in [0.717, 1.165) is 0 Å². The first-order chi connectivity index (χ1) is 4.30. The number of halogens is 2. The number of hydrogen-bond acceptors (Lipinski definition) is 2. The monoisotopic (exact) mass is 223 g/mol. The van der Waals surface area contributed by atoms with Crippen molar-refractivity contribution in [3.8, 4) is 0 Å². The van der Waals surface area contributed by atoms with E-state index in [4.69, 9.17) is 5.11 Å². The SMILES string of the molecule is Br.F.O=C(O)c1cccnc1. The van der Waals surface area contributed by atoms with Gasteiger partial charge in [0.2, 0.25) is 0 Å². The zero-order chi connectivity index (χ0) is 6.69. The molecule has 1 aromatic heterocycles. The van der Waals surface area contributed by atoms with E-state index in [0.29, 0.717) is 0 Å². The van der Waals surface area contributed by atoms with Gasteiger partial charge in [0.05, 0.1) is 5.56 Å². The molecule has 0 fully saturated rings. The van der Waals surface area contributed by atoms with E-state index in [1.165, 1.54) is 18.5 Å². The fourth-order valence-electron chi connectivity index (χ4n) is 0.489. The highest BCUT2D eigenvalue weighted by molar-refractivity contribution is 8.93. The number of hydrogen-bond donors (Lipinski definition) is 1. The first-order valence-corrected chi connectivity index (χ1v) is 2.44. The molecule has 11 heavy (non-hydrogen) atoms. The maximum absolute atomic E-state index is 10.2. The fourth-order valence-corrected chi connectivity index (χ4v) is 0.489. The van der Waals surface area contributed by atoms with Gasteiger partial charge in [-0.05, 0) is 12.1 Å². The van der Waals surface area contributed by atoms with Crippen LogP contribution in [0.3, 0.4) is 0 Å². The summed E-state index contributed by atoms with van der Waals surface area (Å²) in [6, 6.07) is 3.08. The Morgan fingerprint density at radius 3 is 2.45 bits per heavy atom. The van der Waals surface area contributed by atoms with Gasteiger partial charge in [0.25, 0.3) is 0 Å². The van der Waals surface area contributed by atoms with Crippen LogP contribution in [0.25, 0.3) is 0 Å². The van der Waals surface area contributed by atoms with Crippen LogP contribution in [0.5, 0.6) is 0 Å². The van der Waals surface area contributed by atoms with Crippen molar-refractivity contribution in [1.29, 1.82) is 0 Å². The Hall–Kier alpha value is -0.970. The van der Waals surface area contributed by atoms with Gasteiger partial charge < -0.3 is 5.11 Å². The highest BCUT2D eigenvalue weighted by Crippen LogP contribution is 1.92. The van der Waals surface area contributed by atoms with Crippen molar-refractivity contribution in [1.82, 2.24) is 4.98 Å². The van der Waals surface area contributed by atoms with Gasteiger partial charge in [-0.15, -0.1) is 17.0 Å². The summed E-state index contributed by atoms with van der Waals surface area (Å²) in [5.74, 6) is -0.942. The molecule has 0 aliphatic heterocycles. The zero-order valence-corrected chi connectivity index (χ0v) is 7.14. The van der Waals surface area contributed by atoms with Gasteiger partial charge in [-0.25, -0.2) is 4.79 Å². The summed E-state index contributed by atoms with van der Waals surface area (Å²) in [5, 5.41) is 8.34. The third kappa shape index (κ3) is 3.67. The highest BCUT2D eigenvalue weighted by atomic mass is 79.9. The average Bonchev–Trinajstić information content (AvgIpc) is 1.90. The smallest absolute Gasteiger partial charge is 0.337 e. The van der Waals surface area contributed by atoms with Crippen molar-refractivity contribution in [2.24, 2.45) is 0 Å². The lowest BCUT2D eigenvalue weighted by Crippen LogP contribution is -1.94. The molecule has 0 bridgehead atoms. The molecule has 1 aromatic rings. The van der Waals surface area contributed by atoms with Gasteiger partial charge in [0.15, 0.2) is 0 Å². The van der Waals surface area contributed by atoms with Gasteiger partial charge in [-0.1, -0.05) is 0 Å². The molecule has 0 saturated heterocycles. The normalized spacial score (nSPS) is 7.27. The van der Waals surface area contributed by atoms with Crippen LogP contribution in [0.4, 0.5) is 4.70 Å². The summed E-state index contributed by atoms with van der Waals surface area (Å²) in [6.07, 6.45) is 2.84. The number of rotatable bonds is 1. The lowest BCUT2D eigenvalue weighted by atomic mass is 10.3. The predicted molar refractivity (Wildman–Crippen MR) is 44.0 cm³/mol. The maximum Gasteiger partial charge on any atom is 0.337 e. The average molecular weight is 224 g/mol. The molecule has 0 amide bonds. The van der Waals surface area contributed by atoms with E-state index < -0.39 is 5.97 Å². The zero-order valence-electron chi connectivity index (χ0n) is 5.43. The molecule has 1 heterocycles. The quantitative estimate of drug-likeness (QED) is 0.786. The van der Waals surface area contributed by atoms with Gasteiger partial charge in [0, 0.05) is 12.4 Å². The van der Waals surface area contributed by atoms with Crippen LogP contribution < -0.4 is 0 Å². The number of carboxylic acid groups (broad SMARTS) is 1. The van der Waals surface area contributed by atoms with Crippen molar-refractivity contribution >= 4 is 23.0 Å². The van der Waals surface area contributed by atoms with Crippen LogP contribution in [0.1, 0.15) is 10.4 Å². The van der Waals surface area contributed by atoms with Gasteiger partial charge in [0.1, 0.15) is 0 Å². The van der Waals surface area contributed by atoms with Crippen molar-refractivity contribution in [3.63, 3.8) is 0 Å². The maximum atomic E-state index is 10.2. The van der Waals surface area contributed by atoms with Crippen LogP contribution in [0, 0.1) is 0 Å². The van der Waals surface area contributed by atoms with E-state index in [2.05, 4.69) is 4.98 Å². The number of pyridine rings is 1. The molecule has 0 aliphatic carbocycles. The van der Waals surface area contributed by atoms with E-state index in [1.54, 1.807) is 6.07 Å². The first kappa shape index (κ1) is 12.7. The Balaban J connectivity index is 0. The largest absolute Gasteiger partial charge is 0.478 e. The van der Waals surface area contributed by atoms with Crippen molar-refractivity contribution in [2.45, 2.75) is 0 Å². The van der Waals surface area contributed by atoms with Crippen molar-refractivity contribution in [2.75, 3.05) is 0 Å². The van der Waals surface area contributed by atoms with E-state index in [1.807, 2.05) is 0 Å². The van der Waals surface area contributed by atoms with Crippen molar-refractivity contribution in [3.05, 3.63) is 30.1 Å². The number of carbonyl (C=O) groups is 1.